The van der Waals surface area contributed by atoms with Crippen LogP contribution in [-0.4, -0.2) is 22.1 Å². The Kier molecular flexibility index (Phi) is 2.25. The molecular weight excluding hydrogens is 174 g/mol. The van der Waals surface area contributed by atoms with E-state index in [2.05, 4.69) is 42.1 Å². The lowest BCUT2D eigenvalue weighted by atomic mass is 10.2. The Labute approximate surface area is 85.7 Å². The highest BCUT2D eigenvalue weighted by atomic mass is 15.3. The Hall–Kier alpha value is -0.990. The third kappa shape index (κ3) is 1.31. The van der Waals surface area contributed by atoms with Crippen molar-refractivity contribution in [2.75, 3.05) is 11.4 Å². The summed E-state index contributed by atoms with van der Waals surface area (Å²) in [6.45, 7) is 11.1. The molecule has 2 rings (SSSR count). The molecule has 0 saturated carbocycles. The molecule has 0 bridgehead atoms. The summed E-state index contributed by atoms with van der Waals surface area (Å²) in [6.07, 6.45) is 2.02. The zero-order chi connectivity index (χ0) is 10.3. The molecule has 1 aliphatic heterocycles. The fourth-order valence-corrected chi connectivity index (χ4v) is 2.14. The summed E-state index contributed by atoms with van der Waals surface area (Å²) in [6, 6.07) is 0.577. The largest absolute Gasteiger partial charge is 0.352 e. The van der Waals surface area contributed by atoms with E-state index in [0.717, 1.165) is 13.1 Å². The molecule has 0 amide bonds. The standard InChI is InChI=1S/C11H19N3/c1-8(2)11-12-7-10-13(9(3)4)5-6-14(10)11/h7-9H,5-6H2,1-4H3. The van der Waals surface area contributed by atoms with E-state index in [1.54, 1.807) is 0 Å². The van der Waals surface area contributed by atoms with E-state index in [4.69, 9.17) is 0 Å². The number of imidazole rings is 1. The van der Waals surface area contributed by atoms with Crippen LogP contribution in [-0.2, 0) is 6.54 Å². The molecule has 0 N–H and O–H groups in total. The minimum atomic E-state index is 0.524. The normalized spacial score (nSPS) is 15.7. The van der Waals surface area contributed by atoms with Crippen LogP contribution < -0.4 is 4.90 Å². The van der Waals surface area contributed by atoms with Crippen LogP contribution in [0.1, 0.15) is 39.4 Å². The fraction of sp³-hybridized carbons (Fsp3) is 0.727. The van der Waals surface area contributed by atoms with Crippen LogP contribution in [0.15, 0.2) is 6.20 Å². The van der Waals surface area contributed by atoms with Gasteiger partial charge >= 0.3 is 0 Å². The van der Waals surface area contributed by atoms with Gasteiger partial charge < -0.3 is 9.47 Å². The van der Waals surface area contributed by atoms with E-state index in [9.17, 15) is 0 Å². The smallest absolute Gasteiger partial charge is 0.129 e. The van der Waals surface area contributed by atoms with Crippen LogP contribution in [0.2, 0.25) is 0 Å². The first-order valence-corrected chi connectivity index (χ1v) is 5.43. The summed E-state index contributed by atoms with van der Waals surface area (Å²) in [5.74, 6) is 3.04. The zero-order valence-corrected chi connectivity index (χ0v) is 9.49. The number of nitrogens with zero attached hydrogens (tertiary/aromatic N) is 3. The molecule has 0 unspecified atom stereocenters. The van der Waals surface area contributed by atoms with Crippen LogP contribution in [0, 0.1) is 0 Å². The van der Waals surface area contributed by atoms with E-state index >= 15 is 0 Å². The van der Waals surface area contributed by atoms with Crippen LogP contribution in [0.3, 0.4) is 0 Å². The summed E-state index contributed by atoms with van der Waals surface area (Å²) >= 11 is 0. The minimum absolute atomic E-state index is 0.524. The number of fused-ring (bicyclic) bond motifs is 1. The van der Waals surface area contributed by atoms with Gasteiger partial charge in [-0.05, 0) is 13.8 Å². The molecule has 0 fully saturated rings. The average molecular weight is 193 g/mol. The van der Waals surface area contributed by atoms with E-state index in [-0.39, 0.29) is 0 Å². The van der Waals surface area contributed by atoms with E-state index in [1.165, 1.54) is 11.6 Å². The Morgan fingerprint density at radius 2 is 1.93 bits per heavy atom. The second-order valence-electron chi connectivity index (χ2n) is 4.57. The van der Waals surface area contributed by atoms with Crippen molar-refractivity contribution in [2.45, 2.75) is 46.2 Å². The van der Waals surface area contributed by atoms with Crippen molar-refractivity contribution in [1.29, 1.82) is 0 Å². The number of rotatable bonds is 2. The van der Waals surface area contributed by atoms with Gasteiger partial charge in [-0.1, -0.05) is 13.8 Å². The van der Waals surface area contributed by atoms with Crippen LogP contribution in [0.5, 0.6) is 0 Å². The number of anilines is 1. The van der Waals surface area contributed by atoms with Crippen LogP contribution in [0.4, 0.5) is 5.82 Å². The molecule has 3 nitrogen and oxygen atoms in total. The molecule has 2 heterocycles. The highest BCUT2D eigenvalue weighted by Gasteiger charge is 2.24. The van der Waals surface area contributed by atoms with Crippen molar-refractivity contribution in [3.8, 4) is 0 Å². The van der Waals surface area contributed by atoms with E-state index < -0.39 is 0 Å². The second kappa shape index (κ2) is 3.30. The second-order valence-corrected chi connectivity index (χ2v) is 4.57. The predicted molar refractivity (Wildman–Crippen MR) is 58.8 cm³/mol. The maximum atomic E-state index is 4.49. The van der Waals surface area contributed by atoms with Crippen molar-refractivity contribution in [1.82, 2.24) is 9.55 Å². The summed E-state index contributed by atoms with van der Waals surface area (Å²) in [7, 11) is 0. The molecule has 0 radical (unpaired) electrons. The lowest BCUT2D eigenvalue weighted by molar-refractivity contribution is 0.655. The van der Waals surface area contributed by atoms with Crippen molar-refractivity contribution in [3.05, 3.63) is 12.0 Å². The van der Waals surface area contributed by atoms with E-state index in [0.29, 0.717) is 12.0 Å². The molecule has 1 aromatic heterocycles. The maximum Gasteiger partial charge on any atom is 0.129 e. The van der Waals surface area contributed by atoms with Crippen LogP contribution in [0.25, 0.3) is 0 Å². The molecular formula is C11H19N3. The van der Waals surface area contributed by atoms with Crippen molar-refractivity contribution < 1.29 is 0 Å². The van der Waals surface area contributed by atoms with Crippen LogP contribution >= 0.6 is 0 Å². The molecule has 0 aromatic carbocycles. The first kappa shape index (κ1) is 9.56. The Bertz CT molecular complexity index is 325. The molecule has 0 aliphatic carbocycles. The summed E-state index contributed by atoms with van der Waals surface area (Å²) in [5.41, 5.74) is 0. The molecule has 14 heavy (non-hydrogen) atoms. The summed E-state index contributed by atoms with van der Waals surface area (Å²) in [5, 5.41) is 0. The van der Waals surface area contributed by atoms with Crippen molar-refractivity contribution >= 4 is 5.82 Å². The van der Waals surface area contributed by atoms with E-state index in [1.807, 2.05) is 6.20 Å². The lowest BCUT2D eigenvalue weighted by Crippen LogP contribution is -2.28. The first-order valence-electron chi connectivity index (χ1n) is 5.43. The first-order chi connectivity index (χ1) is 6.61. The molecule has 1 aromatic rings. The predicted octanol–water partition coefficient (Wildman–Crippen LogP) is 2.23. The Balaban J connectivity index is 2.34. The number of hydrogen-bond acceptors (Lipinski definition) is 2. The van der Waals surface area contributed by atoms with Gasteiger partial charge in [-0.25, -0.2) is 4.98 Å². The molecule has 78 valence electrons. The fourth-order valence-electron chi connectivity index (χ4n) is 2.14. The van der Waals surface area contributed by atoms with Gasteiger partial charge in [0, 0.05) is 25.0 Å². The molecule has 0 spiro atoms. The van der Waals surface area contributed by atoms with Gasteiger partial charge in [0.05, 0.1) is 6.20 Å². The number of hydrogen-bond donors (Lipinski definition) is 0. The average Bonchev–Trinajstić information content (AvgIpc) is 2.59. The third-order valence-electron chi connectivity index (χ3n) is 2.86. The van der Waals surface area contributed by atoms with Gasteiger partial charge in [-0.15, -0.1) is 0 Å². The highest BCUT2D eigenvalue weighted by Crippen LogP contribution is 2.27. The molecule has 1 aliphatic rings. The van der Waals surface area contributed by atoms with Gasteiger partial charge in [0.25, 0.3) is 0 Å². The van der Waals surface area contributed by atoms with Gasteiger partial charge in [0.2, 0.25) is 0 Å². The Morgan fingerprint density at radius 3 is 2.50 bits per heavy atom. The third-order valence-corrected chi connectivity index (χ3v) is 2.86. The quantitative estimate of drug-likeness (QED) is 0.718. The molecule has 3 heteroatoms. The zero-order valence-electron chi connectivity index (χ0n) is 9.49. The number of aromatic nitrogens is 2. The van der Waals surface area contributed by atoms with Crippen molar-refractivity contribution in [3.63, 3.8) is 0 Å². The highest BCUT2D eigenvalue weighted by molar-refractivity contribution is 5.43. The summed E-state index contributed by atoms with van der Waals surface area (Å²) in [4.78, 5) is 6.91. The van der Waals surface area contributed by atoms with Gasteiger partial charge in [0.15, 0.2) is 0 Å². The van der Waals surface area contributed by atoms with Gasteiger partial charge in [-0.3, -0.25) is 0 Å². The van der Waals surface area contributed by atoms with Crippen molar-refractivity contribution in [2.24, 2.45) is 0 Å². The molecule has 0 saturated heterocycles. The van der Waals surface area contributed by atoms with Gasteiger partial charge in [-0.2, -0.15) is 0 Å². The Morgan fingerprint density at radius 1 is 1.21 bits per heavy atom. The SMILES string of the molecule is CC(C)c1ncc2n1CCN2C(C)C. The molecule has 0 atom stereocenters. The minimum Gasteiger partial charge on any atom is -0.352 e. The lowest BCUT2D eigenvalue weighted by Gasteiger charge is -2.21. The van der Waals surface area contributed by atoms with Gasteiger partial charge in [0.1, 0.15) is 11.6 Å². The topological polar surface area (TPSA) is 21.1 Å². The maximum absolute atomic E-state index is 4.49. The monoisotopic (exact) mass is 193 g/mol. The summed E-state index contributed by atoms with van der Waals surface area (Å²) < 4.78 is 2.35.